The second kappa shape index (κ2) is 6.21. The Balaban J connectivity index is 1.58. The number of hydrogen-bond acceptors (Lipinski definition) is 3. The van der Waals surface area contributed by atoms with Gasteiger partial charge in [0, 0.05) is 19.6 Å². The highest BCUT2D eigenvalue weighted by Crippen LogP contribution is 2.33. The molecule has 2 aliphatic rings. The van der Waals surface area contributed by atoms with Gasteiger partial charge in [0.1, 0.15) is 6.29 Å². The quantitative estimate of drug-likeness (QED) is 0.939. The first-order chi connectivity index (χ1) is 10.9. The Morgan fingerprint density at radius 2 is 1.68 bits per heavy atom. The van der Waals surface area contributed by atoms with Gasteiger partial charge in [0.2, 0.25) is 0 Å². The molecule has 1 N–H and O–H groups in total. The largest absolute Gasteiger partial charge is 0.289 e. The molecule has 2 unspecified atom stereocenters. The standard InChI is InChI=1S/C19H23N3/c1-3-8-16(9-4-1)14-21-15-18(17-10-5-2-6-11-17)22-13-7-12-20-19(21)22/h1-6,8-11,18-20H,7,12-15H2. The van der Waals surface area contributed by atoms with E-state index in [1.165, 1.54) is 24.1 Å². The fraction of sp³-hybridized carbons (Fsp3) is 0.368. The molecule has 0 aromatic heterocycles. The van der Waals surface area contributed by atoms with Crippen molar-refractivity contribution in [2.75, 3.05) is 19.6 Å². The van der Waals surface area contributed by atoms with Crippen molar-refractivity contribution in [3.8, 4) is 0 Å². The van der Waals surface area contributed by atoms with Gasteiger partial charge in [-0.1, -0.05) is 60.7 Å². The van der Waals surface area contributed by atoms with Gasteiger partial charge in [-0.15, -0.1) is 0 Å². The SMILES string of the molecule is c1ccc(CN2CC(c3ccccc3)N3CCCNC23)cc1. The number of benzene rings is 2. The summed E-state index contributed by atoms with van der Waals surface area (Å²) in [7, 11) is 0. The predicted octanol–water partition coefficient (Wildman–Crippen LogP) is 2.82. The Hall–Kier alpha value is -1.68. The first kappa shape index (κ1) is 13.9. The second-order valence-electron chi connectivity index (χ2n) is 6.26. The zero-order valence-electron chi connectivity index (χ0n) is 12.9. The van der Waals surface area contributed by atoms with Crippen molar-refractivity contribution in [2.24, 2.45) is 0 Å². The molecule has 0 bridgehead atoms. The third-order valence-corrected chi connectivity index (χ3v) is 4.80. The molecule has 0 saturated carbocycles. The van der Waals surface area contributed by atoms with Crippen molar-refractivity contribution >= 4 is 0 Å². The molecule has 114 valence electrons. The summed E-state index contributed by atoms with van der Waals surface area (Å²) in [4.78, 5) is 5.20. The number of hydrogen-bond donors (Lipinski definition) is 1. The molecule has 0 spiro atoms. The van der Waals surface area contributed by atoms with Crippen molar-refractivity contribution in [3.05, 3.63) is 71.8 Å². The van der Waals surface area contributed by atoms with E-state index in [0.717, 1.165) is 19.6 Å². The topological polar surface area (TPSA) is 18.5 Å². The van der Waals surface area contributed by atoms with Crippen molar-refractivity contribution in [1.82, 2.24) is 15.1 Å². The maximum absolute atomic E-state index is 3.70. The van der Waals surface area contributed by atoms with E-state index >= 15 is 0 Å². The van der Waals surface area contributed by atoms with E-state index in [2.05, 4.69) is 75.8 Å². The highest BCUT2D eigenvalue weighted by molar-refractivity contribution is 5.22. The number of fused-ring (bicyclic) bond motifs is 1. The molecule has 2 aromatic rings. The molecule has 3 nitrogen and oxygen atoms in total. The van der Waals surface area contributed by atoms with Gasteiger partial charge in [-0.2, -0.15) is 0 Å². The fourth-order valence-electron chi connectivity index (χ4n) is 3.77. The highest BCUT2D eigenvalue weighted by atomic mass is 15.5. The molecular weight excluding hydrogens is 270 g/mol. The van der Waals surface area contributed by atoms with Crippen LogP contribution >= 0.6 is 0 Å². The number of nitrogens with zero attached hydrogens (tertiary/aromatic N) is 2. The molecule has 2 atom stereocenters. The van der Waals surface area contributed by atoms with Crippen molar-refractivity contribution in [3.63, 3.8) is 0 Å². The third kappa shape index (κ3) is 2.68. The van der Waals surface area contributed by atoms with Crippen molar-refractivity contribution < 1.29 is 0 Å². The van der Waals surface area contributed by atoms with Crippen LogP contribution in [0.2, 0.25) is 0 Å². The van der Waals surface area contributed by atoms with Gasteiger partial charge < -0.3 is 0 Å². The molecular formula is C19H23N3. The van der Waals surface area contributed by atoms with Gasteiger partial charge in [0.05, 0.1) is 6.04 Å². The molecule has 3 heteroatoms. The lowest BCUT2D eigenvalue weighted by atomic mass is 10.1. The Bertz CT molecular complexity index is 599. The van der Waals surface area contributed by atoms with E-state index in [0.29, 0.717) is 12.3 Å². The van der Waals surface area contributed by atoms with Gasteiger partial charge in [-0.05, 0) is 24.1 Å². The summed E-state index contributed by atoms with van der Waals surface area (Å²) < 4.78 is 0. The molecule has 4 rings (SSSR count). The summed E-state index contributed by atoms with van der Waals surface area (Å²) in [6.45, 7) is 4.41. The van der Waals surface area contributed by atoms with Crippen LogP contribution in [-0.2, 0) is 6.54 Å². The van der Waals surface area contributed by atoms with Crippen LogP contribution < -0.4 is 5.32 Å². The molecule has 2 saturated heterocycles. The molecule has 2 fully saturated rings. The van der Waals surface area contributed by atoms with Crippen LogP contribution in [0.1, 0.15) is 23.6 Å². The van der Waals surface area contributed by atoms with Crippen LogP contribution in [0, 0.1) is 0 Å². The van der Waals surface area contributed by atoms with Crippen LogP contribution in [0.5, 0.6) is 0 Å². The number of nitrogens with one attached hydrogen (secondary N) is 1. The summed E-state index contributed by atoms with van der Waals surface area (Å²) in [6.07, 6.45) is 1.61. The van der Waals surface area contributed by atoms with Crippen LogP contribution in [0.25, 0.3) is 0 Å². The molecule has 2 aliphatic heterocycles. The van der Waals surface area contributed by atoms with E-state index < -0.39 is 0 Å². The lowest BCUT2D eigenvalue weighted by molar-refractivity contribution is 0.0596. The van der Waals surface area contributed by atoms with E-state index in [9.17, 15) is 0 Å². The fourth-order valence-corrected chi connectivity index (χ4v) is 3.77. The predicted molar refractivity (Wildman–Crippen MR) is 89.1 cm³/mol. The van der Waals surface area contributed by atoms with Gasteiger partial charge in [0.15, 0.2) is 0 Å². The minimum Gasteiger partial charge on any atom is -0.289 e. The average Bonchev–Trinajstić information content (AvgIpc) is 2.96. The normalized spacial score (nSPS) is 26.0. The smallest absolute Gasteiger partial charge is 0.117 e. The third-order valence-electron chi connectivity index (χ3n) is 4.80. The van der Waals surface area contributed by atoms with Crippen molar-refractivity contribution in [2.45, 2.75) is 25.3 Å². The lowest BCUT2D eigenvalue weighted by Gasteiger charge is -2.36. The second-order valence-corrected chi connectivity index (χ2v) is 6.26. The van der Waals surface area contributed by atoms with Gasteiger partial charge >= 0.3 is 0 Å². The zero-order chi connectivity index (χ0) is 14.8. The van der Waals surface area contributed by atoms with Crippen LogP contribution in [-0.4, -0.2) is 35.7 Å². The van der Waals surface area contributed by atoms with E-state index in [1.807, 2.05) is 0 Å². The first-order valence-electron chi connectivity index (χ1n) is 8.24. The highest BCUT2D eigenvalue weighted by Gasteiger charge is 2.40. The lowest BCUT2D eigenvalue weighted by Crippen LogP contribution is -2.53. The van der Waals surface area contributed by atoms with E-state index in [-0.39, 0.29) is 0 Å². The summed E-state index contributed by atoms with van der Waals surface area (Å²) in [6, 6.07) is 22.2. The molecule has 22 heavy (non-hydrogen) atoms. The summed E-state index contributed by atoms with van der Waals surface area (Å²) in [5.41, 5.74) is 2.83. The molecule has 2 aromatic carbocycles. The molecule has 0 aliphatic carbocycles. The van der Waals surface area contributed by atoms with E-state index in [4.69, 9.17) is 0 Å². The average molecular weight is 293 g/mol. The minimum atomic E-state index is 0.374. The van der Waals surface area contributed by atoms with Crippen LogP contribution in [0.15, 0.2) is 60.7 Å². The molecule has 0 amide bonds. The first-order valence-corrected chi connectivity index (χ1v) is 8.24. The Morgan fingerprint density at radius 1 is 0.955 bits per heavy atom. The Labute approximate surface area is 132 Å². The van der Waals surface area contributed by atoms with Gasteiger partial charge in [0.25, 0.3) is 0 Å². The monoisotopic (exact) mass is 293 g/mol. The van der Waals surface area contributed by atoms with Gasteiger partial charge in [-0.3, -0.25) is 15.1 Å². The van der Waals surface area contributed by atoms with E-state index in [1.54, 1.807) is 0 Å². The molecule has 0 radical (unpaired) electrons. The Morgan fingerprint density at radius 3 is 2.45 bits per heavy atom. The Kier molecular flexibility index (Phi) is 3.94. The number of rotatable bonds is 3. The summed E-state index contributed by atoms with van der Waals surface area (Å²) >= 11 is 0. The summed E-state index contributed by atoms with van der Waals surface area (Å²) in [5, 5.41) is 3.70. The summed E-state index contributed by atoms with van der Waals surface area (Å²) in [5.74, 6) is 0. The molecule has 2 heterocycles. The van der Waals surface area contributed by atoms with Crippen LogP contribution in [0.4, 0.5) is 0 Å². The zero-order valence-corrected chi connectivity index (χ0v) is 12.9. The maximum atomic E-state index is 3.70. The minimum absolute atomic E-state index is 0.374. The van der Waals surface area contributed by atoms with Gasteiger partial charge in [-0.25, -0.2) is 0 Å². The maximum Gasteiger partial charge on any atom is 0.117 e. The van der Waals surface area contributed by atoms with Crippen LogP contribution in [0.3, 0.4) is 0 Å². The van der Waals surface area contributed by atoms with Crippen molar-refractivity contribution in [1.29, 1.82) is 0 Å².